The molecule has 108 valence electrons. The quantitative estimate of drug-likeness (QED) is 0.805. The summed E-state index contributed by atoms with van der Waals surface area (Å²) in [6.07, 6.45) is 6.88. The summed E-state index contributed by atoms with van der Waals surface area (Å²) in [6, 6.07) is 1.15. The maximum Gasteiger partial charge on any atom is 0.0246 e. The van der Waals surface area contributed by atoms with Gasteiger partial charge in [0.05, 0.1) is 0 Å². The van der Waals surface area contributed by atoms with Crippen LogP contribution < -0.4 is 5.32 Å². The molecule has 0 amide bonds. The fourth-order valence-corrected chi connectivity index (χ4v) is 3.87. The average molecular weight is 273 g/mol. The zero-order chi connectivity index (χ0) is 13.7. The predicted octanol–water partition coefficient (Wildman–Crippen LogP) is 3.19. The van der Waals surface area contributed by atoms with Gasteiger partial charge in [-0.25, -0.2) is 0 Å². The summed E-state index contributed by atoms with van der Waals surface area (Å²) in [6.45, 7) is 9.31. The van der Waals surface area contributed by atoms with E-state index in [1.54, 1.807) is 6.26 Å². The SMILES string of the molecule is CC1CCC(C(C)C)C(NC(C)CCS(C)=O)C1. The van der Waals surface area contributed by atoms with E-state index in [-0.39, 0.29) is 0 Å². The van der Waals surface area contributed by atoms with Gasteiger partial charge in [-0.3, -0.25) is 4.21 Å². The van der Waals surface area contributed by atoms with Gasteiger partial charge in [-0.2, -0.15) is 0 Å². The van der Waals surface area contributed by atoms with Crippen LogP contribution in [0.3, 0.4) is 0 Å². The van der Waals surface area contributed by atoms with Crippen LogP contribution in [0.15, 0.2) is 0 Å². The molecule has 0 heterocycles. The van der Waals surface area contributed by atoms with Crippen molar-refractivity contribution in [1.29, 1.82) is 0 Å². The molecule has 3 heteroatoms. The summed E-state index contributed by atoms with van der Waals surface area (Å²) in [4.78, 5) is 0. The average Bonchev–Trinajstić information content (AvgIpc) is 2.26. The molecule has 0 aromatic heterocycles. The van der Waals surface area contributed by atoms with Gasteiger partial charge in [0, 0.05) is 34.9 Å². The third-order valence-electron chi connectivity index (χ3n) is 4.36. The summed E-state index contributed by atoms with van der Waals surface area (Å²) < 4.78 is 11.1. The van der Waals surface area contributed by atoms with Gasteiger partial charge in [0.1, 0.15) is 0 Å². The Morgan fingerprint density at radius 2 is 1.94 bits per heavy atom. The highest BCUT2D eigenvalue weighted by Crippen LogP contribution is 2.33. The van der Waals surface area contributed by atoms with E-state index in [0.717, 1.165) is 29.9 Å². The first-order valence-corrected chi connectivity index (χ1v) is 9.19. The highest BCUT2D eigenvalue weighted by molar-refractivity contribution is 7.84. The van der Waals surface area contributed by atoms with E-state index in [0.29, 0.717) is 12.1 Å². The Bertz CT molecular complexity index is 267. The summed E-state index contributed by atoms with van der Waals surface area (Å²) in [5.74, 6) is 3.26. The standard InChI is InChI=1S/C15H31NOS/c1-11(2)14-7-6-12(3)10-15(14)16-13(4)8-9-18(5)17/h11-16H,6-10H2,1-5H3. The van der Waals surface area contributed by atoms with Crippen LogP contribution in [0.25, 0.3) is 0 Å². The zero-order valence-corrected chi connectivity index (χ0v) is 13.6. The van der Waals surface area contributed by atoms with Crippen LogP contribution in [-0.4, -0.2) is 28.3 Å². The molecule has 1 saturated carbocycles. The van der Waals surface area contributed by atoms with E-state index in [2.05, 4.69) is 33.0 Å². The molecular formula is C15H31NOS. The smallest absolute Gasteiger partial charge is 0.0246 e. The molecule has 1 N–H and O–H groups in total. The van der Waals surface area contributed by atoms with Crippen molar-refractivity contribution in [2.45, 2.75) is 65.5 Å². The lowest BCUT2D eigenvalue weighted by atomic mass is 9.74. The lowest BCUT2D eigenvalue weighted by Gasteiger charge is -2.39. The van der Waals surface area contributed by atoms with Crippen LogP contribution in [0, 0.1) is 17.8 Å². The Balaban J connectivity index is 2.47. The van der Waals surface area contributed by atoms with Gasteiger partial charge in [0.2, 0.25) is 0 Å². The van der Waals surface area contributed by atoms with Crippen LogP contribution in [0.4, 0.5) is 0 Å². The van der Waals surface area contributed by atoms with E-state index >= 15 is 0 Å². The van der Waals surface area contributed by atoms with Gasteiger partial charge in [-0.05, 0) is 43.9 Å². The van der Waals surface area contributed by atoms with Crippen molar-refractivity contribution in [2.75, 3.05) is 12.0 Å². The van der Waals surface area contributed by atoms with Crippen LogP contribution in [0.2, 0.25) is 0 Å². The highest BCUT2D eigenvalue weighted by Gasteiger charge is 2.31. The maximum absolute atomic E-state index is 11.1. The number of hydrogen-bond acceptors (Lipinski definition) is 2. The number of hydrogen-bond donors (Lipinski definition) is 1. The summed E-state index contributed by atoms with van der Waals surface area (Å²) >= 11 is 0. The Morgan fingerprint density at radius 3 is 2.50 bits per heavy atom. The minimum absolute atomic E-state index is 0.491. The van der Waals surface area contributed by atoms with Crippen LogP contribution >= 0.6 is 0 Å². The normalized spacial score (nSPS) is 32.4. The molecule has 5 atom stereocenters. The molecule has 0 aliphatic heterocycles. The molecule has 1 fully saturated rings. The van der Waals surface area contributed by atoms with E-state index in [9.17, 15) is 4.21 Å². The largest absolute Gasteiger partial charge is 0.311 e. The summed E-state index contributed by atoms with van der Waals surface area (Å²) in [5, 5.41) is 3.80. The second kappa shape index (κ2) is 7.64. The lowest BCUT2D eigenvalue weighted by Crippen LogP contribution is -2.46. The molecule has 0 spiro atoms. The topological polar surface area (TPSA) is 29.1 Å². The predicted molar refractivity (Wildman–Crippen MR) is 81.3 cm³/mol. The Kier molecular flexibility index (Phi) is 6.86. The molecule has 0 radical (unpaired) electrons. The summed E-state index contributed by atoms with van der Waals surface area (Å²) in [7, 11) is -0.657. The Labute approximate surface area is 116 Å². The first-order valence-electron chi connectivity index (χ1n) is 7.46. The van der Waals surface area contributed by atoms with Crippen molar-refractivity contribution in [3.8, 4) is 0 Å². The molecule has 0 bridgehead atoms. The first-order chi connectivity index (χ1) is 8.40. The third kappa shape index (κ3) is 5.40. The second-order valence-corrected chi connectivity index (χ2v) is 8.12. The van der Waals surface area contributed by atoms with Crippen LogP contribution in [0.1, 0.15) is 53.4 Å². The maximum atomic E-state index is 11.1. The van der Waals surface area contributed by atoms with Gasteiger partial charge in [-0.1, -0.05) is 27.2 Å². The molecule has 2 nitrogen and oxygen atoms in total. The van der Waals surface area contributed by atoms with Crippen LogP contribution in [0.5, 0.6) is 0 Å². The van der Waals surface area contributed by atoms with Crippen molar-refractivity contribution < 1.29 is 4.21 Å². The molecule has 5 unspecified atom stereocenters. The van der Waals surface area contributed by atoms with E-state index < -0.39 is 10.8 Å². The highest BCUT2D eigenvalue weighted by atomic mass is 32.2. The molecule has 1 rings (SSSR count). The second-order valence-electron chi connectivity index (χ2n) is 6.57. The molecule has 0 aromatic carbocycles. The molecule has 1 aliphatic carbocycles. The first kappa shape index (κ1) is 16.2. The number of nitrogens with one attached hydrogen (secondary N) is 1. The fraction of sp³-hybridized carbons (Fsp3) is 1.00. The molecule has 0 saturated heterocycles. The fourth-order valence-electron chi connectivity index (χ4n) is 3.19. The van der Waals surface area contributed by atoms with Crippen molar-refractivity contribution in [2.24, 2.45) is 17.8 Å². The minimum atomic E-state index is -0.657. The molecular weight excluding hydrogens is 242 g/mol. The Hall–Kier alpha value is 0.110. The summed E-state index contributed by atoms with van der Waals surface area (Å²) in [5.41, 5.74) is 0. The van der Waals surface area contributed by atoms with Crippen molar-refractivity contribution in [3.05, 3.63) is 0 Å². The van der Waals surface area contributed by atoms with Crippen LogP contribution in [-0.2, 0) is 10.8 Å². The molecule has 18 heavy (non-hydrogen) atoms. The number of rotatable bonds is 6. The van der Waals surface area contributed by atoms with Crippen molar-refractivity contribution >= 4 is 10.8 Å². The van der Waals surface area contributed by atoms with Gasteiger partial charge in [-0.15, -0.1) is 0 Å². The van der Waals surface area contributed by atoms with Gasteiger partial charge in [0.15, 0.2) is 0 Å². The van der Waals surface area contributed by atoms with E-state index in [1.165, 1.54) is 19.3 Å². The lowest BCUT2D eigenvalue weighted by molar-refractivity contribution is 0.160. The molecule has 0 aromatic rings. The zero-order valence-electron chi connectivity index (χ0n) is 12.7. The third-order valence-corrected chi connectivity index (χ3v) is 5.17. The van der Waals surface area contributed by atoms with E-state index in [4.69, 9.17) is 0 Å². The minimum Gasteiger partial charge on any atom is -0.311 e. The van der Waals surface area contributed by atoms with Gasteiger partial charge in [0.25, 0.3) is 0 Å². The van der Waals surface area contributed by atoms with Gasteiger partial charge < -0.3 is 5.32 Å². The molecule has 1 aliphatic rings. The van der Waals surface area contributed by atoms with Crippen molar-refractivity contribution in [3.63, 3.8) is 0 Å². The van der Waals surface area contributed by atoms with Crippen molar-refractivity contribution in [1.82, 2.24) is 5.32 Å². The Morgan fingerprint density at radius 1 is 1.28 bits per heavy atom. The van der Waals surface area contributed by atoms with Gasteiger partial charge >= 0.3 is 0 Å². The van der Waals surface area contributed by atoms with E-state index in [1.807, 2.05) is 0 Å². The monoisotopic (exact) mass is 273 g/mol.